The number of anilines is 1. The third-order valence-corrected chi connectivity index (χ3v) is 7.72. The smallest absolute Gasteiger partial charge is 0.243 e. The normalized spacial score (nSPS) is 20.6. The third kappa shape index (κ3) is 3.62. The first-order valence-corrected chi connectivity index (χ1v) is 11.3. The topological polar surface area (TPSA) is 78.4 Å². The molecule has 7 nitrogen and oxygen atoms in total. The van der Waals surface area contributed by atoms with E-state index < -0.39 is 15.8 Å². The minimum absolute atomic E-state index is 0.0253. The van der Waals surface area contributed by atoms with Gasteiger partial charge in [0, 0.05) is 19.2 Å². The average molecular weight is 420 g/mol. The van der Waals surface area contributed by atoms with Gasteiger partial charge in [-0.1, -0.05) is 6.07 Å². The summed E-state index contributed by atoms with van der Waals surface area (Å²) >= 11 is 0. The number of aromatic nitrogens is 2. The van der Waals surface area contributed by atoms with E-state index in [1.165, 1.54) is 16.4 Å². The lowest BCUT2D eigenvalue weighted by Gasteiger charge is -2.29. The summed E-state index contributed by atoms with van der Waals surface area (Å²) in [6.07, 6.45) is 2.60. The molecular formula is C20H26FN5O2S. The highest BCUT2D eigenvalue weighted by atomic mass is 32.2. The molecule has 0 radical (unpaired) electrons. The zero-order chi connectivity index (χ0) is 20.8. The Hall–Kier alpha value is -2.10. The molecular weight excluding hydrogens is 393 g/mol. The van der Waals surface area contributed by atoms with Crippen molar-refractivity contribution in [2.24, 2.45) is 0 Å². The zero-order valence-electron chi connectivity index (χ0n) is 16.9. The molecule has 1 unspecified atom stereocenters. The summed E-state index contributed by atoms with van der Waals surface area (Å²) in [7, 11) is 0.0760. The Balaban J connectivity index is 1.69. The number of benzene rings is 1. The van der Waals surface area contributed by atoms with Gasteiger partial charge in [-0.05, 0) is 57.5 Å². The molecule has 2 aliphatic rings. The van der Waals surface area contributed by atoms with Crippen molar-refractivity contribution in [2.75, 3.05) is 32.5 Å². The van der Waals surface area contributed by atoms with Crippen LogP contribution in [0.15, 0.2) is 23.1 Å². The van der Waals surface area contributed by atoms with E-state index in [4.69, 9.17) is 9.97 Å². The van der Waals surface area contributed by atoms with E-state index in [-0.39, 0.29) is 17.5 Å². The number of hydrogen-bond donors (Lipinski definition) is 1. The molecule has 0 spiro atoms. The number of likely N-dealkylation sites (tertiary alicyclic amines) is 1. The van der Waals surface area contributed by atoms with E-state index in [0.29, 0.717) is 18.5 Å². The van der Waals surface area contributed by atoms with E-state index in [1.54, 1.807) is 6.92 Å². The lowest BCUT2D eigenvalue weighted by atomic mass is 10.1. The van der Waals surface area contributed by atoms with E-state index in [9.17, 15) is 12.8 Å². The van der Waals surface area contributed by atoms with Gasteiger partial charge in [0.15, 0.2) is 0 Å². The summed E-state index contributed by atoms with van der Waals surface area (Å²) in [5, 5.41) is 3.15. The van der Waals surface area contributed by atoms with Crippen LogP contribution in [0.4, 0.5) is 10.2 Å². The molecule has 0 saturated carbocycles. The molecule has 3 heterocycles. The van der Waals surface area contributed by atoms with E-state index >= 15 is 0 Å². The van der Waals surface area contributed by atoms with Gasteiger partial charge >= 0.3 is 0 Å². The maximum atomic E-state index is 14.0. The van der Waals surface area contributed by atoms with E-state index in [1.807, 2.05) is 7.05 Å². The number of halogens is 1. The SMILES string of the molecule is CNc1nc(C2CCCN2C)nc2c1CCN(S(=O)(=O)c1ccc(C)c(F)c1)C2. The Kier molecular flexibility index (Phi) is 5.30. The van der Waals surface area contributed by atoms with Gasteiger partial charge in [-0.3, -0.25) is 4.90 Å². The number of nitrogens with one attached hydrogen (secondary N) is 1. The van der Waals surface area contributed by atoms with Crippen LogP contribution >= 0.6 is 0 Å². The molecule has 9 heteroatoms. The second-order valence-corrected chi connectivity index (χ2v) is 9.68. The number of rotatable bonds is 4. The van der Waals surface area contributed by atoms with Gasteiger partial charge < -0.3 is 5.32 Å². The first kappa shape index (κ1) is 20.2. The predicted molar refractivity (Wildman–Crippen MR) is 109 cm³/mol. The molecule has 1 saturated heterocycles. The van der Waals surface area contributed by atoms with Crippen molar-refractivity contribution in [1.82, 2.24) is 19.2 Å². The van der Waals surface area contributed by atoms with Crippen LogP contribution in [-0.4, -0.2) is 54.8 Å². The highest BCUT2D eigenvalue weighted by Crippen LogP contribution is 2.33. The minimum Gasteiger partial charge on any atom is -0.373 e. The molecule has 2 aliphatic heterocycles. The summed E-state index contributed by atoms with van der Waals surface area (Å²) in [5.74, 6) is 0.979. The van der Waals surface area contributed by atoms with Gasteiger partial charge in [-0.2, -0.15) is 4.31 Å². The largest absolute Gasteiger partial charge is 0.373 e. The maximum Gasteiger partial charge on any atom is 0.243 e. The number of nitrogens with zero attached hydrogens (tertiary/aromatic N) is 4. The molecule has 0 amide bonds. The molecule has 4 rings (SSSR count). The summed E-state index contributed by atoms with van der Waals surface area (Å²) in [6.45, 7) is 3.08. The number of sulfonamides is 1. The van der Waals surface area contributed by atoms with Gasteiger partial charge in [0.1, 0.15) is 17.5 Å². The third-order valence-electron chi connectivity index (χ3n) is 5.88. The fraction of sp³-hybridized carbons (Fsp3) is 0.500. The Morgan fingerprint density at radius 2 is 2.03 bits per heavy atom. The second-order valence-electron chi connectivity index (χ2n) is 7.74. The molecule has 1 N–H and O–H groups in total. The Morgan fingerprint density at radius 3 is 2.69 bits per heavy atom. The van der Waals surface area contributed by atoms with Crippen LogP contribution in [0.25, 0.3) is 0 Å². The highest BCUT2D eigenvalue weighted by Gasteiger charge is 2.33. The lowest BCUT2D eigenvalue weighted by molar-refractivity contribution is 0.303. The van der Waals surface area contributed by atoms with Crippen LogP contribution in [0.5, 0.6) is 0 Å². The first-order valence-electron chi connectivity index (χ1n) is 9.85. The van der Waals surface area contributed by atoms with Gasteiger partial charge in [-0.15, -0.1) is 0 Å². The number of fused-ring (bicyclic) bond motifs is 1. The summed E-state index contributed by atoms with van der Waals surface area (Å²) in [4.78, 5) is 11.7. The first-order chi connectivity index (χ1) is 13.8. The fourth-order valence-corrected chi connectivity index (χ4v) is 5.52. The molecule has 1 aromatic carbocycles. The molecule has 2 aromatic rings. The van der Waals surface area contributed by atoms with Crippen molar-refractivity contribution in [1.29, 1.82) is 0 Å². The quantitative estimate of drug-likeness (QED) is 0.820. The van der Waals surface area contributed by atoms with Crippen LogP contribution in [0.3, 0.4) is 0 Å². The number of hydrogen-bond acceptors (Lipinski definition) is 6. The summed E-state index contributed by atoms with van der Waals surface area (Å²) in [5.41, 5.74) is 2.10. The molecule has 1 aromatic heterocycles. The van der Waals surface area contributed by atoms with Gasteiger partial charge in [-0.25, -0.2) is 22.8 Å². The van der Waals surface area contributed by atoms with Crippen LogP contribution in [0.1, 0.15) is 41.5 Å². The predicted octanol–water partition coefficient (Wildman–Crippen LogP) is 2.48. The summed E-state index contributed by atoms with van der Waals surface area (Å²) < 4.78 is 41.5. The minimum atomic E-state index is -3.80. The Labute approximate surface area is 171 Å². The van der Waals surface area contributed by atoms with E-state index in [2.05, 4.69) is 17.3 Å². The number of aryl methyl sites for hydroxylation is 1. The Bertz CT molecular complexity index is 1040. The standard InChI is InChI=1S/C20H26FN5O2S/c1-13-6-7-14(11-16(13)21)29(27,28)26-10-8-15-17(12-26)23-20(24-19(15)22-2)18-5-4-9-25(18)3/h6-7,11,18H,4-5,8-10,12H2,1-3H3,(H,22,23,24). The van der Waals surface area contributed by atoms with Crippen molar-refractivity contribution in [3.05, 3.63) is 46.7 Å². The van der Waals surface area contributed by atoms with Crippen molar-refractivity contribution in [3.63, 3.8) is 0 Å². The molecule has 0 bridgehead atoms. The van der Waals surface area contributed by atoms with Crippen LogP contribution in [-0.2, 0) is 23.0 Å². The Morgan fingerprint density at radius 1 is 1.24 bits per heavy atom. The van der Waals surface area contributed by atoms with Crippen molar-refractivity contribution in [3.8, 4) is 0 Å². The highest BCUT2D eigenvalue weighted by molar-refractivity contribution is 7.89. The van der Waals surface area contributed by atoms with Crippen molar-refractivity contribution < 1.29 is 12.8 Å². The average Bonchev–Trinajstić information content (AvgIpc) is 3.14. The molecule has 0 aliphatic carbocycles. The van der Waals surface area contributed by atoms with Crippen LogP contribution in [0, 0.1) is 12.7 Å². The molecule has 156 valence electrons. The van der Waals surface area contributed by atoms with E-state index in [0.717, 1.165) is 48.4 Å². The van der Waals surface area contributed by atoms with Gasteiger partial charge in [0.2, 0.25) is 10.0 Å². The summed E-state index contributed by atoms with van der Waals surface area (Å²) in [6, 6.07) is 4.19. The van der Waals surface area contributed by atoms with Gasteiger partial charge in [0.25, 0.3) is 0 Å². The second kappa shape index (κ2) is 7.62. The molecule has 1 fully saturated rings. The maximum absolute atomic E-state index is 14.0. The monoisotopic (exact) mass is 419 g/mol. The fourth-order valence-electron chi connectivity index (χ4n) is 4.11. The van der Waals surface area contributed by atoms with Crippen LogP contribution in [0.2, 0.25) is 0 Å². The molecule has 1 atom stereocenters. The van der Waals surface area contributed by atoms with Crippen LogP contribution < -0.4 is 5.32 Å². The zero-order valence-corrected chi connectivity index (χ0v) is 17.8. The molecule has 29 heavy (non-hydrogen) atoms. The van der Waals surface area contributed by atoms with Crippen molar-refractivity contribution in [2.45, 2.75) is 43.7 Å². The van der Waals surface area contributed by atoms with Gasteiger partial charge in [0.05, 0.1) is 23.2 Å². The van der Waals surface area contributed by atoms with Crippen molar-refractivity contribution >= 4 is 15.8 Å². The lowest BCUT2D eigenvalue weighted by Crippen LogP contribution is -2.37.